The molecule has 0 saturated carbocycles. The fraction of sp³-hybridized carbons (Fsp3) is 0.786. The number of hydrogen-bond donors (Lipinski definition) is 1. The van der Waals surface area contributed by atoms with Crippen LogP contribution in [0.1, 0.15) is 50.3 Å². The van der Waals surface area contributed by atoms with Crippen LogP contribution in [-0.2, 0) is 9.47 Å². The minimum absolute atomic E-state index is 0.0155. The molecular formula is C14H23N3O2. The molecule has 1 aromatic heterocycles. The van der Waals surface area contributed by atoms with Crippen LogP contribution in [0.4, 0.5) is 0 Å². The first-order valence-corrected chi connectivity index (χ1v) is 7.20. The molecule has 106 valence electrons. The molecule has 2 unspecified atom stereocenters. The molecule has 5 nitrogen and oxygen atoms in total. The van der Waals surface area contributed by atoms with Gasteiger partial charge in [-0.25, -0.2) is 0 Å². The van der Waals surface area contributed by atoms with Gasteiger partial charge in [-0.05, 0) is 32.6 Å². The molecule has 2 aliphatic rings. The summed E-state index contributed by atoms with van der Waals surface area (Å²) < 4.78 is 13.6. The summed E-state index contributed by atoms with van der Waals surface area (Å²) in [5.41, 5.74) is 7.02. The molecule has 5 heteroatoms. The second-order valence-corrected chi connectivity index (χ2v) is 5.83. The molecule has 3 heterocycles. The van der Waals surface area contributed by atoms with Gasteiger partial charge in [0.25, 0.3) is 0 Å². The lowest BCUT2D eigenvalue weighted by Crippen LogP contribution is -2.44. The number of aromatic nitrogens is 2. The van der Waals surface area contributed by atoms with E-state index >= 15 is 0 Å². The maximum Gasteiger partial charge on any atom is 0.0746 e. The third-order valence-corrected chi connectivity index (χ3v) is 4.39. The van der Waals surface area contributed by atoms with Gasteiger partial charge in [0.1, 0.15) is 0 Å². The van der Waals surface area contributed by atoms with Crippen molar-refractivity contribution < 1.29 is 9.47 Å². The Morgan fingerprint density at radius 3 is 2.89 bits per heavy atom. The van der Waals surface area contributed by atoms with Gasteiger partial charge in [0.15, 0.2) is 0 Å². The van der Waals surface area contributed by atoms with Crippen LogP contribution >= 0.6 is 0 Å². The van der Waals surface area contributed by atoms with Crippen molar-refractivity contribution in [2.24, 2.45) is 5.73 Å². The first-order chi connectivity index (χ1) is 9.19. The SMILES string of the molecule is CC(N)c1cnn(C2CCOC3(CCOCC3)C2)c1. The highest BCUT2D eigenvalue weighted by Gasteiger charge is 2.39. The van der Waals surface area contributed by atoms with Gasteiger partial charge in [0, 0.05) is 37.6 Å². The molecule has 2 fully saturated rings. The molecule has 0 amide bonds. The lowest BCUT2D eigenvalue weighted by atomic mass is 9.84. The standard InChI is InChI=1S/C14H23N3O2/c1-11(15)12-9-16-17(10-12)13-2-5-19-14(8-13)3-6-18-7-4-14/h9-11,13H,2-8,15H2,1H3. The van der Waals surface area contributed by atoms with Crippen molar-refractivity contribution in [2.45, 2.75) is 50.3 Å². The summed E-state index contributed by atoms with van der Waals surface area (Å²) in [6, 6.07) is 0.477. The van der Waals surface area contributed by atoms with Crippen LogP contribution in [0.3, 0.4) is 0 Å². The first kappa shape index (κ1) is 13.1. The molecule has 2 atom stereocenters. The first-order valence-electron chi connectivity index (χ1n) is 7.20. The van der Waals surface area contributed by atoms with E-state index < -0.39 is 0 Å². The molecule has 3 rings (SSSR count). The van der Waals surface area contributed by atoms with E-state index in [1.807, 2.05) is 13.1 Å². The monoisotopic (exact) mass is 265 g/mol. The average molecular weight is 265 g/mol. The second kappa shape index (κ2) is 5.23. The van der Waals surface area contributed by atoms with E-state index in [1.165, 1.54) is 0 Å². The highest BCUT2D eigenvalue weighted by molar-refractivity contribution is 5.09. The van der Waals surface area contributed by atoms with Gasteiger partial charge in [0.05, 0.1) is 17.8 Å². The van der Waals surface area contributed by atoms with Gasteiger partial charge in [-0.3, -0.25) is 4.68 Å². The zero-order valence-electron chi connectivity index (χ0n) is 11.5. The molecule has 2 saturated heterocycles. The number of nitrogens with two attached hydrogens (primary N) is 1. The fourth-order valence-electron chi connectivity index (χ4n) is 3.11. The third-order valence-electron chi connectivity index (χ3n) is 4.39. The number of nitrogens with zero attached hydrogens (tertiary/aromatic N) is 2. The lowest BCUT2D eigenvalue weighted by Gasteiger charge is -2.43. The topological polar surface area (TPSA) is 62.3 Å². The minimum atomic E-state index is 0.0155. The Bertz CT molecular complexity index is 419. The molecule has 19 heavy (non-hydrogen) atoms. The number of ether oxygens (including phenoxy) is 2. The summed E-state index contributed by atoms with van der Waals surface area (Å²) in [6.45, 7) is 4.44. The summed E-state index contributed by atoms with van der Waals surface area (Å²) in [5, 5.41) is 4.49. The molecule has 0 bridgehead atoms. The molecule has 2 N–H and O–H groups in total. The zero-order chi connectivity index (χ0) is 13.3. The second-order valence-electron chi connectivity index (χ2n) is 5.83. The van der Waals surface area contributed by atoms with Crippen LogP contribution in [0.2, 0.25) is 0 Å². The maximum absolute atomic E-state index is 6.07. The van der Waals surface area contributed by atoms with Crippen LogP contribution < -0.4 is 5.73 Å². The average Bonchev–Trinajstić information content (AvgIpc) is 2.89. The van der Waals surface area contributed by atoms with E-state index in [1.54, 1.807) is 0 Å². The van der Waals surface area contributed by atoms with Gasteiger partial charge in [-0.15, -0.1) is 0 Å². The van der Waals surface area contributed by atoms with Crippen molar-refractivity contribution in [1.29, 1.82) is 0 Å². The van der Waals surface area contributed by atoms with E-state index in [4.69, 9.17) is 15.2 Å². The Morgan fingerprint density at radius 2 is 2.21 bits per heavy atom. The van der Waals surface area contributed by atoms with Crippen molar-refractivity contribution in [1.82, 2.24) is 9.78 Å². The van der Waals surface area contributed by atoms with E-state index in [9.17, 15) is 0 Å². The van der Waals surface area contributed by atoms with Gasteiger partial charge < -0.3 is 15.2 Å². The lowest BCUT2D eigenvalue weighted by molar-refractivity contribution is -0.145. The highest BCUT2D eigenvalue weighted by Crippen LogP contribution is 2.38. The summed E-state index contributed by atoms with van der Waals surface area (Å²) in [6.07, 6.45) is 8.05. The zero-order valence-corrected chi connectivity index (χ0v) is 11.5. The van der Waals surface area contributed by atoms with Gasteiger partial charge in [-0.1, -0.05) is 0 Å². The summed E-state index contributed by atoms with van der Waals surface area (Å²) >= 11 is 0. The summed E-state index contributed by atoms with van der Waals surface area (Å²) in [5.74, 6) is 0. The third kappa shape index (κ3) is 2.68. The Kier molecular flexibility index (Phi) is 3.60. The summed E-state index contributed by atoms with van der Waals surface area (Å²) in [4.78, 5) is 0. The van der Waals surface area contributed by atoms with Crippen molar-refractivity contribution in [3.63, 3.8) is 0 Å². The Balaban J connectivity index is 1.73. The van der Waals surface area contributed by atoms with Crippen molar-refractivity contribution in [2.75, 3.05) is 19.8 Å². The highest BCUT2D eigenvalue weighted by atomic mass is 16.5. The molecule has 0 radical (unpaired) electrons. The predicted octanol–water partition coefficient (Wildman–Crippen LogP) is 1.80. The van der Waals surface area contributed by atoms with E-state index in [-0.39, 0.29) is 11.6 Å². The molecule has 1 aromatic rings. The molecule has 1 spiro atoms. The Morgan fingerprint density at radius 1 is 1.42 bits per heavy atom. The van der Waals surface area contributed by atoms with Crippen molar-refractivity contribution in [3.8, 4) is 0 Å². The fourth-order valence-corrected chi connectivity index (χ4v) is 3.11. The van der Waals surface area contributed by atoms with Gasteiger partial charge >= 0.3 is 0 Å². The molecular weight excluding hydrogens is 242 g/mol. The van der Waals surface area contributed by atoms with Crippen molar-refractivity contribution >= 4 is 0 Å². The molecule has 2 aliphatic heterocycles. The van der Waals surface area contributed by atoms with Crippen molar-refractivity contribution in [3.05, 3.63) is 18.0 Å². The van der Waals surface area contributed by atoms with Crippen LogP contribution in [-0.4, -0.2) is 35.2 Å². The van der Waals surface area contributed by atoms with Crippen LogP contribution in [0, 0.1) is 0 Å². The van der Waals surface area contributed by atoms with Crippen LogP contribution in [0.15, 0.2) is 12.4 Å². The predicted molar refractivity (Wildman–Crippen MR) is 71.8 cm³/mol. The minimum Gasteiger partial charge on any atom is -0.381 e. The normalized spacial score (nSPS) is 28.4. The number of hydrogen-bond acceptors (Lipinski definition) is 4. The van der Waals surface area contributed by atoms with E-state index in [0.29, 0.717) is 6.04 Å². The molecule has 0 aliphatic carbocycles. The number of rotatable bonds is 2. The largest absolute Gasteiger partial charge is 0.381 e. The maximum atomic E-state index is 6.07. The Labute approximate surface area is 114 Å². The van der Waals surface area contributed by atoms with E-state index in [2.05, 4.69) is 16.0 Å². The van der Waals surface area contributed by atoms with Crippen LogP contribution in [0.5, 0.6) is 0 Å². The summed E-state index contributed by atoms with van der Waals surface area (Å²) in [7, 11) is 0. The van der Waals surface area contributed by atoms with E-state index in [0.717, 1.165) is 51.1 Å². The Hall–Kier alpha value is -0.910. The quantitative estimate of drug-likeness (QED) is 0.885. The van der Waals surface area contributed by atoms with Gasteiger partial charge in [-0.2, -0.15) is 5.10 Å². The molecule has 0 aromatic carbocycles. The van der Waals surface area contributed by atoms with Gasteiger partial charge in [0.2, 0.25) is 0 Å². The smallest absolute Gasteiger partial charge is 0.0746 e. The van der Waals surface area contributed by atoms with Crippen LogP contribution in [0.25, 0.3) is 0 Å².